The molecular formula is C58H78O11. The van der Waals surface area contributed by atoms with Gasteiger partial charge in [0.2, 0.25) is 5.78 Å². The van der Waals surface area contributed by atoms with E-state index in [1.54, 1.807) is 38.5 Å². The van der Waals surface area contributed by atoms with Gasteiger partial charge in [-0.1, -0.05) is 67.0 Å². The van der Waals surface area contributed by atoms with Crippen molar-refractivity contribution in [3.63, 3.8) is 0 Å². The standard InChI is InChI=1S/C30H46O4.C28H32O7/c1-25(2)21-8-11-30(7)23(28(21,5)10-9-22(25)32)20(31)16-18-19-17-27(4,24(33)34)13-12-26(19,3)14-15-29(18,30)6;1-14(29)34-17-12-26(5)16(15-8-10-33-13-15)11-19-28(26,35-19)27(6)21(17)25(4)9-7-18(30)24(2,3)22(25)20(31)23(27)32/h16,19,21-23,32H,8-15,17H2,1-7H3,(H,33,34);7-10,13,16-17,19,21,31H,11-12H2,1-6H3. The van der Waals surface area contributed by atoms with Gasteiger partial charge < -0.3 is 29.2 Å². The molecule has 6 saturated carbocycles. The number of aliphatic carboxylic acids is 1. The van der Waals surface area contributed by atoms with E-state index in [0.717, 1.165) is 56.9 Å². The maximum atomic E-state index is 14.3. The highest BCUT2D eigenvalue weighted by Crippen LogP contribution is 2.82. The zero-order valence-electron chi connectivity index (χ0n) is 43.5. The Morgan fingerprint density at radius 2 is 1.51 bits per heavy atom. The topological polar surface area (TPSA) is 181 Å². The van der Waals surface area contributed by atoms with E-state index in [0.29, 0.717) is 30.8 Å². The summed E-state index contributed by atoms with van der Waals surface area (Å²) in [5.74, 6) is -1.78. The second-order valence-electron chi connectivity index (χ2n) is 27.2. The number of esters is 1. The Morgan fingerprint density at radius 3 is 2.14 bits per heavy atom. The number of hydrogen-bond acceptors (Lipinski definition) is 10. The highest BCUT2D eigenvalue weighted by molar-refractivity contribution is 6.06. The average Bonchev–Trinajstić information content (AvgIpc) is 3.62. The fraction of sp³-hybridized carbons (Fsp3) is 0.741. The summed E-state index contributed by atoms with van der Waals surface area (Å²) >= 11 is 0. The largest absolute Gasteiger partial charge is 0.504 e. The molecule has 11 rings (SSSR count). The number of carboxylic acid groups (broad SMARTS) is 1. The molecule has 1 saturated heterocycles. The van der Waals surface area contributed by atoms with E-state index in [1.165, 1.54) is 12.5 Å². The summed E-state index contributed by atoms with van der Waals surface area (Å²) < 4.78 is 17.9. The molecule has 376 valence electrons. The first-order chi connectivity index (χ1) is 31.8. The Hall–Kier alpha value is -3.83. The number of furan rings is 1. The normalized spacial score (nSPS) is 50.5. The zero-order chi connectivity index (χ0) is 50.5. The minimum Gasteiger partial charge on any atom is -0.504 e. The number of hydrogen-bond donors (Lipinski definition) is 3. The van der Waals surface area contributed by atoms with Crippen LogP contribution in [-0.2, 0) is 33.4 Å². The molecule has 7 fully saturated rings. The molecule has 0 bridgehead atoms. The van der Waals surface area contributed by atoms with Gasteiger partial charge in [0, 0.05) is 29.6 Å². The predicted octanol–water partition coefficient (Wildman–Crippen LogP) is 10.8. The third kappa shape index (κ3) is 5.78. The van der Waals surface area contributed by atoms with Crippen molar-refractivity contribution in [2.24, 2.45) is 77.8 Å². The van der Waals surface area contributed by atoms with Crippen molar-refractivity contribution in [2.75, 3.05) is 0 Å². The predicted molar refractivity (Wildman–Crippen MR) is 257 cm³/mol. The highest BCUT2D eigenvalue weighted by atomic mass is 16.6. The lowest BCUT2D eigenvalue weighted by Gasteiger charge is -2.70. The molecule has 17 atom stereocenters. The van der Waals surface area contributed by atoms with Crippen LogP contribution in [0.1, 0.15) is 172 Å². The van der Waals surface area contributed by atoms with Gasteiger partial charge in [-0.15, -0.1) is 0 Å². The first kappa shape index (κ1) is 48.8. The van der Waals surface area contributed by atoms with Crippen LogP contribution in [0.2, 0.25) is 0 Å². The van der Waals surface area contributed by atoms with E-state index in [-0.39, 0.29) is 74.4 Å². The third-order valence-corrected chi connectivity index (χ3v) is 23.4. The van der Waals surface area contributed by atoms with Crippen LogP contribution in [0.25, 0.3) is 0 Å². The number of ether oxygens (including phenoxy) is 2. The smallest absolute Gasteiger partial charge is 0.309 e. The lowest BCUT2D eigenvalue weighted by Crippen LogP contribution is -2.70. The van der Waals surface area contributed by atoms with Crippen LogP contribution in [-0.4, -0.2) is 68.5 Å². The van der Waals surface area contributed by atoms with Gasteiger partial charge in [0.25, 0.3) is 0 Å². The van der Waals surface area contributed by atoms with Crippen molar-refractivity contribution in [1.82, 2.24) is 0 Å². The summed E-state index contributed by atoms with van der Waals surface area (Å²) in [5.41, 5.74) is -2.92. The van der Waals surface area contributed by atoms with E-state index in [4.69, 9.17) is 13.9 Å². The number of aliphatic hydroxyl groups is 2. The molecule has 3 N–H and O–H groups in total. The summed E-state index contributed by atoms with van der Waals surface area (Å²) in [4.78, 5) is 66.0. The molecule has 0 amide bonds. The molecule has 69 heavy (non-hydrogen) atoms. The Labute approximate surface area is 408 Å². The fourth-order valence-electron chi connectivity index (χ4n) is 19.6. The van der Waals surface area contributed by atoms with Gasteiger partial charge in [0.15, 0.2) is 17.3 Å². The van der Waals surface area contributed by atoms with Crippen LogP contribution in [0.3, 0.4) is 0 Å². The molecule has 17 unspecified atom stereocenters. The molecule has 9 aliphatic carbocycles. The van der Waals surface area contributed by atoms with Gasteiger partial charge in [0.1, 0.15) is 11.7 Å². The minimum absolute atomic E-state index is 0.0296. The van der Waals surface area contributed by atoms with Crippen LogP contribution in [0.4, 0.5) is 0 Å². The van der Waals surface area contributed by atoms with Gasteiger partial charge in [-0.2, -0.15) is 0 Å². The van der Waals surface area contributed by atoms with Crippen molar-refractivity contribution in [3.05, 3.63) is 59.3 Å². The number of rotatable bonds is 3. The Balaban J connectivity index is 0.000000160. The lowest BCUT2D eigenvalue weighted by atomic mass is 9.33. The van der Waals surface area contributed by atoms with Gasteiger partial charge in [0.05, 0.1) is 41.0 Å². The van der Waals surface area contributed by atoms with Crippen LogP contribution in [0.5, 0.6) is 0 Å². The first-order valence-electron chi connectivity index (χ1n) is 26.1. The molecule has 0 radical (unpaired) electrons. The Bertz CT molecular complexity index is 2550. The second-order valence-corrected chi connectivity index (χ2v) is 27.2. The molecule has 1 aromatic rings. The molecule has 1 spiro atoms. The quantitative estimate of drug-likeness (QED) is 0.194. The van der Waals surface area contributed by atoms with E-state index >= 15 is 0 Å². The van der Waals surface area contributed by atoms with Crippen molar-refractivity contribution in [2.45, 2.75) is 190 Å². The van der Waals surface area contributed by atoms with Crippen LogP contribution in [0, 0.1) is 77.8 Å². The summed E-state index contributed by atoms with van der Waals surface area (Å²) in [6.45, 7) is 26.6. The molecule has 11 heteroatoms. The lowest BCUT2D eigenvalue weighted by molar-refractivity contribution is -0.202. The maximum Gasteiger partial charge on any atom is 0.309 e. The molecule has 10 aliphatic rings. The summed E-state index contributed by atoms with van der Waals surface area (Å²) in [7, 11) is 0. The fourth-order valence-corrected chi connectivity index (χ4v) is 19.6. The Kier molecular flexibility index (Phi) is 10.2. The van der Waals surface area contributed by atoms with Crippen molar-refractivity contribution in [1.29, 1.82) is 0 Å². The summed E-state index contributed by atoms with van der Waals surface area (Å²) in [6, 6.07) is 1.95. The van der Waals surface area contributed by atoms with E-state index in [2.05, 4.69) is 48.5 Å². The minimum atomic E-state index is -1.17. The zero-order valence-corrected chi connectivity index (χ0v) is 43.5. The Morgan fingerprint density at radius 1 is 0.826 bits per heavy atom. The number of carbonyl (C=O) groups excluding carboxylic acids is 4. The van der Waals surface area contributed by atoms with E-state index in [1.807, 2.05) is 32.9 Å². The van der Waals surface area contributed by atoms with Crippen LogP contribution >= 0.6 is 0 Å². The van der Waals surface area contributed by atoms with Crippen LogP contribution < -0.4 is 0 Å². The van der Waals surface area contributed by atoms with E-state index in [9.17, 15) is 39.3 Å². The monoisotopic (exact) mass is 951 g/mol. The van der Waals surface area contributed by atoms with E-state index < -0.39 is 62.4 Å². The van der Waals surface area contributed by atoms with Gasteiger partial charge in [-0.05, 0) is 173 Å². The second kappa shape index (κ2) is 14.4. The number of aliphatic hydroxyl groups excluding tert-OH is 2. The SMILES string of the molecule is CC(=O)OC1CC2(C)C(c3ccoc3)CC3OC32C2(C)C(=O)C(O)=C3C(C)(C)C(=O)C=CC3(C)C12.CC1(C(=O)O)CCC2(C)CCC3(C)C(=CC(=O)C4C5(C)CCC(O)C(C)(C)C5CCC43C)C2C1. The third-order valence-electron chi connectivity index (χ3n) is 23.4. The summed E-state index contributed by atoms with van der Waals surface area (Å²) in [6.07, 6.45) is 17.1. The molecule has 11 nitrogen and oxygen atoms in total. The van der Waals surface area contributed by atoms with Crippen molar-refractivity contribution >= 4 is 29.3 Å². The van der Waals surface area contributed by atoms with Crippen LogP contribution in [0.15, 0.2) is 58.1 Å². The molecule has 0 aromatic carbocycles. The van der Waals surface area contributed by atoms with Gasteiger partial charge in [-0.25, -0.2) is 0 Å². The molecule has 1 aliphatic heterocycles. The number of ketones is 3. The van der Waals surface area contributed by atoms with Gasteiger partial charge in [-0.3, -0.25) is 24.0 Å². The number of allylic oxidation sites excluding steroid dienone is 6. The average molecular weight is 951 g/mol. The molecule has 2 heterocycles. The number of carboxylic acids is 1. The molecular weight excluding hydrogens is 873 g/mol. The maximum absolute atomic E-state index is 14.3. The number of fused-ring (bicyclic) bond motifs is 10. The van der Waals surface area contributed by atoms with Crippen molar-refractivity contribution in [3.8, 4) is 0 Å². The number of carbonyl (C=O) groups is 5. The molecule has 1 aromatic heterocycles. The van der Waals surface area contributed by atoms with Gasteiger partial charge >= 0.3 is 11.9 Å². The number of Topliss-reactive ketones (excluding diaryl/α,β-unsaturated/α-hetero) is 1. The highest BCUT2D eigenvalue weighted by Gasteiger charge is 2.89. The number of epoxide rings is 1. The summed E-state index contributed by atoms with van der Waals surface area (Å²) in [5, 5.41) is 32.4. The van der Waals surface area contributed by atoms with Crippen molar-refractivity contribution < 1.29 is 53.2 Å². The first-order valence-corrected chi connectivity index (χ1v) is 26.1.